The summed E-state index contributed by atoms with van der Waals surface area (Å²) in [5.41, 5.74) is 22.5. The Hall–Kier alpha value is -8.52. The molecule has 0 radical (unpaired) electrons. The maximum absolute atomic E-state index is 14.8. The second-order valence-corrected chi connectivity index (χ2v) is 20.9. The summed E-state index contributed by atoms with van der Waals surface area (Å²) in [5, 5.41) is 29.8. The van der Waals surface area contributed by atoms with Crippen molar-refractivity contribution >= 4 is 59.3 Å². The largest absolute Gasteiger partial charge is 0.480 e. The summed E-state index contributed by atoms with van der Waals surface area (Å²) in [4.78, 5) is 143. The third-order valence-corrected chi connectivity index (χ3v) is 13.6. The van der Waals surface area contributed by atoms with Gasteiger partial charge in [0.15, 0.2) is 28.4 Å². The quantitative estimate of drug-likeness (QED) is 0.00955. The molecule has 2 heterocycles. The Bertz CT molecular complexity index is 2730. The van der Waals surface area contributed by atoms with Crippen molar-refractivity contribution in [3.63, 3.8) is 0 Å². The summed E-state index contributed by atoms with van der Waals surface area (Å²) in [7, 11) is 0. The minimum atomic E-state index is -2.46. The number of aliphatic carboxylic acids is 1. The fourth-order valence-corrected chi connectivity index (χ4v) is 9.60. The van der Waals surface area contributed by atoms with Gasteiger partial charge in [-0.1, -0.05) is 91.0 Å². The topological polar surface area (TPSA) is 398 Å². The van der Waals surface area contributed by atoms with Gasteiger partial charge in [0.05, 0.1) is 12.6 Å². The number of aliphatic imine (C=N–C) groups is 1. The number of carboxylic acids is 1. The van der Waals surface area contributed by atoms with E-state index < -0.39 is 125 Å². The Balaban J connectivity index is 1.36. The molecule has 0 aliphatic carbocycles. The van der Waals surface area contributed by atoms with Crippen LogP contribution >= 0.6 is 0 Å². The van der Waals surface area contributed by atoms with Gasteiger partial charge >= 0.3 is 23.9 Å². The Kier molecular flexibility index (Phi) is 23.2. The highest BCUT2D eigenvalue weighted by atomic mass is 16.7. The summed E-state index contributed by atoms with van der Waals surface area (Å²) in [6.07, 6.45) is -1.92. The molecule has 2 aliphatic rings. The van der Waals surface area contributed by atoms with Crippen LogP contribution in [0.1, 0.15) is 95.2 Å². The van der Waals surface area contributed by atoms with Gasteiger partial charge in [-0.15, -0.1) is 0 Å². The lowest BCUT2D eigenvalue weighted by Crippen LogP contribution is -2.62. The maximum atomic E-state index is 14.8. The molecule has 12 N–H and O–H groups in total. The molecule has 26 nitrogen and oxygen atoms in total. The van der Waals surface area contributed by atoms with E-state index in [9.17, 15) is 58.4 Å². The van der Waals surface area contributed by atoms with Crippen LogP contribution in [-0.2, 0) is 67.3 Å². The van der Waals surface area contributed by atoms with Gasteiger partial charge in [0.25, 0.3) is 5.91 Å². The lowest BCUT2D eigenvalue weighted by atomic mass is 9.89. The summed E-state index contributed by atoms with van der Waals surface area (Å²) >= 11 is 0. The van der Waals surface area contributed by atoms with E-state index in [2.05, 4.69) is 20.9 Å². The SMILES string of the molecule is CC(C)(C)OC(=O)N[C@@H](Cc1ccccc1)C(=O)NCC(=O)N1CCC[C@H]1C(=O)N[C@@H](Cc1ccccc1)C(=O)N([C@@H](CCCN=C(N)N)C(=O)C(N)CCC[C@@](N)(C(=O)OCc1ccccc1)C(=O)N1CCC[C@H]1C(=O)O)[N+](=O)[O-]. The molecule has 2 saturated heterocycles. The summed E-state index contributed by atoms with van der Waals surface area (Å²) < 4.78 is 10.9. The molecule has 0 aromatic heterocycles. The first-order valence-electron chi connectivity index (χ1n) is 26.7. The highest BCUT2D eigenvalue weighted by Crippen LogP contribution is 2.27. The number of ether oxygens (including phenoxy) is 2. The van der Waals surface area contributed by atoms with Crippen LogP contribution in [0.15, 0.2) is 96.0 Å². The highest BCUT2D eigenvalue weighted by molar-refractivity contribution is 6.08. The number of nitrogens with one attached hydrogen (secondary N) is 3. The number of alkyl carbamates (subject to hydrolysis) is 1. The van der Waals surface area contributed by atoms with Crippen molar-refractivity contribution in [2.24, 2.45) is 27.9 Å². The van der Waals surface area contributed by atoms with Crippen molar-refractivity contribution in [2.45, 2.75) is 145 Å². The monoisotopic (exact) mass is 1130 g/mol. The van der Waals surface area contributed by atoms with Gasteiger partial charge in [0.2, 0.25) is 17.7 Å². The lowest BCUT2D eigenvalue weighted by molar-refractivity contribution is -0.640. The number of rotatable bonds is 28. The molecule has 3 aromatic rings. The predicted octanol–water partition coefficient (Wildman–Crippen LogP) is 0.983. The van der Waals surface area contributed by atoms with Gasteiger partial charge in [-0.05, 0) is 100 Å². The van der Waals surface area contributed by atoms with Crippen molar-refractivity contribution in [1.82, 2.24) is 30.8 Å². The van der Waals surface area contributed by atoms with Crippen LogP contribution in [0.5, 0.6) is 0 Å². The number of Topliss-reactive ketones (excluding diaryl/α,β-unsaturated/α-hetero) is 1. The molecule has 7 atom stereocenters. The van der Waals surface area contributed by atoms with E-state index >= 15 is 0 Å². The number of carboxylic acid groups (broad SMARTS) is 1. The van der Waals surface area contributed by atoms with E-state index in [1.54, 1.807) is 112 Å². The third-order valence-electron chi connectivity index (χ3n) is 13.6. The zero-order valence-electron chi connectivity index (χ0n) is 45.7. The van der Waals surface area contributed by atoms with E-state index in [1.165, 1.54) is 4.90 Å². The number of nitrogens with two attached hydrogens (primary N) is 4. The van der Waals surface area contributed by atoms with Crippen molar-refractivity contribution in [3.05, 3.63) is 118 Å². The molecular formula is C55H74N12O14. The van der Waals surface area contributed by atoms with Gasteiger partial charge in [-0.3, -0.25) is 33.8 Å². The molecule has 0 bridgehead atoms. The summed E-state index contributed by atoms with van der Waals surface area (Å²) in [6.45, 7) is 4.01. The molecule has 3 aromatic carbocycles. The number of carbonyl (C=O) groups excluding carboxylic acids is 8. The molecule has 2 fully saturated rings. The Morgan fingerprint density at radius 2 is 1.35 bits per heavy atom. The molecule has 81 heavy (non-hydrogen) atoms. The number of hydrogen-bond acceptors (Lipinski definition) is 16. The summed E-state index contributed by atoms with van der Waals surface area (Å²) in [5.74, 6) is -8.44. The first kappa shape index (κ1) is 63.3. The molecule has 2 aliphatic heterocycles. The van der Waals surface area contributed by atoms with Gasteiger partial charge in [0.1, 0.15) is 36.4 Å². The normalized spacial score (nSPS) is 17.2. The Morgan fingerprint density at radius 3 is 1.90 bits per heavy atom. The van der Waals surface area contributed by atoms with Crippen LogP contribution in [0.4, 0.5) is 4.79 Å². The fourth-order valence-electron chi connectivity index (χ4n) is 9.60. The zero-order chi connectivity index (χ0) is 59.4. The van der Waals surface area contributed by atoms with Gasteiger partial charge in [0, 0.05) is 32.5 Å². The lowest BCUT2D eigenvalue weighted by Gasteiger charge is -2.33. The van der Waals surface area contributed by atoms with Crippen LogP contribution in [0.3, 0.4) is 0 Å². The first-order chi connectivity index (χ1) is 38.4. The number of nitrogens with zero attached hydrogens (tertiary/aromatic N) is 5. The maximum Gasteiger partial charge on any atom is 0.408 e. The number of ketones is 1. The molecular weight excluding hydrogens is 1050 g/mol. The van der Waals surface area contributed by atoms with E-state index in [0.29, 0.717) is 29.5 Å². The number of hydrogen-bond donors (Lipinski definition) is 8. The number of likely N-dealkylation sites (tertiary alicyclic amines) is 2. The molecule has 5 rings (SSSR count). The predicted molar refractivity (Wildman–Crippen MR) is 293 cm³/mol. The zero-order valence-corrected chi connectivity index (χ0v) is 45.7. The average Bonchev–Trinajstić information content (AvgIpc) is 4.37. The summed E-state index contributed by atoms with van der Waals surface area (Å²) in [6, 6.07) is 16.6. The number of amides is 6. The van der Waals surface area contributed by atoms with Crippen molar-refractivity contribution in [3.8, 4) is 0 Å². The average molecular weight is 1130 g/mol. The number of hydrazine groups is 1. The molecule has 26 heteroatoms. The van der Waals surface area contributed by atoms with E-state index in [1.807, 2.05) is 0 Å². The highest BCUT2D eigenvalue weighted by Gasteiger charge is 2.50. The third kappa shape index (κ3) is 18.5. The molecule has 0 spiro atoms. The molecule has 6 amide bonds. The van der Waals surface area contributed by atoms with Crippen LogP contribution in [0.25, 0.3) is 0 Å². The van der Waals surface area contributed by atoms with Crippen molar-refractivity contribution in [2.75, 3.05) is 26.2 Å². The van der Waals surface area contributed by atoms with Crippen LogP contribution in [0, 0.1) is 10.1 Å². The number of nitro groups is 1. The molecule has 438 valence electrons. The fraction of sp³-hybridized carbons (Fsp3) is 0.491. The first-order valence-corrected chi connectivity index (χ1v) is 26.7. The molecule has 0 saturated carbocycles. The van der Waals surface area contributed by atoms with Crippen molar-refractivity contribution in [1.29, 1.82) is 0 Å². The Morgan fingerprint density at radius 1 is 0.790 bits per heavy atom. The van der Waals surface area contributed by atoms with Crippen LogP contribution in [-0.4, -0.2) is 158 Å². The second kappa shape index (κ2) is 29.6. The minimum Gasteiger partial charge on any atom is -0.480 e. The minimum absolute atomic E-state index is 0.0122. The van der Waals surface area contributed by atoms with E-state index in [-0.39, 0.29) is 82.2 Å². The number of carbonyl (C=O) groups is 9. The Labute approximate surface area is 468 Å². The van der Waals surface area contributed by atoms with Crippen LogP contribution in [0.2, 0.25) is 0 Å². The molecule has 1 unspecified atom stereocenters. The van der Waals surface area contributed by atoms with Gasteiger partial charge < -0.3 is 63.3 Å². The van der Waals surface area contributed by atoms with Crippen molar-refractivity contribution < 1.29 is 62.8 Å². The van der Waals surface area contributed by atoms with Gasteiger partial charge in [-0.2, -0.15) is 0 Å². The number of esters is 1. The number of benzene rings is 3. The van der Waals surface area contributed by atoms with Crippen LogP contribution < -0.4 is 38.9 Å². The van der Waals surface area contributed by atoms with Gasteiger partial charge in [-0.25, -0.2) is 24.5 Å². The standard InChI is InChI=1S/C55H74N12O14/c1-54(2,3)81-53(77)63-39(31-35-17-7-4-8-18-35)46(70)61-33-44(68)64-29-15-25-42(64)47(71)62-40(32-36-19-9-5-10-20-36)48(72)66(67(78)79)41(24-14-28-60-52(57)58)45(69)38(56)23-13-27-55(59,50(75)65-30-16-26-43(65)49(73)74)51(76)80-34-37-21-11-6-12-22-37/h4-12,17-22,38-43H,13-16,23-34,56,59H2,1-3H3,(H,61,70)(H,62,71)(H,63,77)(H,73,74)(H4,57,58,60)/t38?,39-,40-,41-,42-,43-,55-/m0/s1. The second-order valence-electron chi connectivity index (χ2n) is 20.9. The smallest absolute Gasteiger partial charge is 0.408 e. The number of guanidine groups is 1. The van der Waals surface area contributed by atoms with E-state index in [4.69, 9.17) is 32.4 Å². The van der Waals surface area contributed by atoms with E-state index in [0.717, 1.165) is 4.90 Å².